The molecule has 0 saturated heterocycles. The number of hydrogen-bond acceptors (Lipinski definition) is 3. The lowest BCUT2D eigenvalue weighted by molar-refractivity contribution is -0.133. The van der Waals surface area contributed by atoms with E-state index in [1.54, 1.807) is 12.3 Å². The summed E-state index contributed by atoms with van der Waals surface area (Å²) in [5, 5.41) is 12.0. The SMILES string of the molecule is CC(C)(C)CC(=Cc1cnc2c(c1)CCC(=O)N2)C(=O)O. The maximum Gasteiger partial charge on any atom is 0.331 e. The van der Waals surface area contributed by atoms with Crippen LogP contribution >= 0.6 is 0 Å². The summed E-state index contributed by atoms with van der Waals surface area (Å²) in [6.07, 6.45) is 4.82. The Kier molecular flexibility index (Phi) is 4.11. The van der Waals surface area contributed by atoms with Gasteiger partial charge in [-0.05, 0) is 41.5 Å². The highest BCUT2D eigenvalue weighted by atomic mass is 16.4. The molecule has 0 bridgehead atoms. The number of nitrogens with zero attached hydrogens (tertiary/aromatic N) is 1. The van der Waals surface area contributed by atoms with Crippen molar-refractivity contribution in [2.75, 3.05) is 5.32 Å². The van der Waals surface area contributed by atoms with Crippen LogP contribution < -0.4 is 5.32 Å². The van der Waals surface area contributed by atoms with Crippen molar-refractivity contribution in [2.24, 2.45) is 5.41 Å². The number of aliphatic carboxylic acids is 1. The molecule has 5 heteroatoms. The molecule has 2 rings (SSSR count). The molecule has 2 heterocycles. The molecule has 1 amide bonds. The molecule has 1 aromatic rings. The second-order valence-corrected chi connectivity index (χ2v) is 6.54. The topological polar surface area (TPSA) is 79.3 Å². The first-order valence-corrected chi connectivity index (χ1v) is 6.97. The van der Waals surface area contributed by atoms with Crippen molar-refractivity contribution in [1.29, 1.82) is 0 Å². The van der Waals surface area contributed by atoms with Gasteiger partial charge in [-0.1, -0.05) is 20.8 Å². The molecule has 0 spiro atoms. The molecule has 2 N–H and O–H groups in total. The third kappa shape index (κ3) is 4.15. The second kappa shape index (κ2) is 5.68. The van der Waals surface area contributed by atoms with Crippen molar-refractivity contribution < 1.29 is 14.7 Å². The van der Waals surface area contributed by atoms with E-state index in [1.165, 1.54) is 0 Å². The molecule has 0 aliphatic carbocycles. The third-order valence-corrected chi connectivity index (χ3v) is 3.20. The van der Waals surface area contributed by atoms with Crippen LogP contribution in [-0.4, -0.2) is 22.0 Å². The van der Waals surface area contributed by atoms with E-state index in [1.807, 2.05) is 26.8 Å². The smallest absolute Gasteiger partial charge is 0.331 e. The molecule has 1 aliphatic heterocycles. The first-order chi connectivity index (χ1) is 9.74. The molecule has 0 aromatic carbocycles. The summed E-state index contributed by atoms with van der Waals surface area (Å²) in [6.45, 7) is 6.01. The first kappa shape index (κ1) is 15.2. The zero-order chi connectivity index (χ0) is 15.6. The number of carboxylic acid groups (broad SMARTS) is 1. The predicted octanol–water partition coefficient (Wildman–Crippen LogP) is 2.87. The molecule has 0 atom stereocenters. The summed E-state index contributed by atoms with van der Waals surface area (Å²) in [5.74, 6) is -0.357. The van der Waals surface area contributed by atoms with Gasteiger partial charge < -0.3 is 10.4 Å². The minimum absolute atomic E-state index is 0.0303. The van der Waals surface area contributed by atoms with Gasteiger partial charge in [0.05, 0.1) is 0 Å². The third-order valence-electron chi connectivity index (χ3n) is 3.20. The first-order valence-electron chi connectivity index (χ1n) is 6.97. The van der Waals surface area contributed by atoms with Gasteiger partial charge in [0.15, 0.2) is 0 Å². The fourth-order valence-corrected chi connectivity index (χ4v) is 2.31. The fourth-order valence-electron chi connectivity index (χ4n) is 2.31. The van der Waals surface area contributed by atoms with Gasteiger partial charge in [-0.25, -0.2) is 9.78 Å². The van der Waals surface area contributed by atoms with Crippen LogP contribution in [0.25, 0.3) is 6.08 Å². The van der Waals surface area contributed by atoms with Gasteiger partial charge in [-0.15, -0.1) is 0 Å². The Morgan fingerprint density at radius 1 is 1.43 bits per heavy atom. The summed E-state index contributed by atoms with van der Waals surface area (Å²) < 4.78 is 0. The van der Waals surface area contributed by atoms with Crippen LogP contribution in [0, 0.1) is 5.41 Å². The molecular weight excluding hydrogens is 268 g/mol. The van der Waals surface area contributed by atoms with Crippen LogP contribution in [0.2, 0.25) is 0 Å². The number of aromatic nitrogens is 1. The van der Waals surface area contributed by atoms with Crippen LogP contribution in [0.3, 0.4) is 0 Å². The summed E-state index contributed by atoms with van der Waals surface area (Å²) in [4.78, 5) is 26.9. The number of aryl methyl sites for hydroxylation is 1. The number of carbonyl (C=O) groups excluding carboxylic acids is 1. The molecule has 1 aliphatic rings. The molecule has 112 valence electrons. The average molecular weight is 288 g/mol. The number of pyridine rings is 1. The van der Waals surface area contributed by atoms with Crippen LogP contribution in [0.1, 0.15) is 44.7 Å². The maximum absolute atomic E-state index is 11.4. The normalized spacial score (nSPS) is 15.4. The average Bonchev–Trinajstić information content (AvgIpc) is 2.36. The largest absolute Gasteiger partial charge is 0.478 e. The molecule has 1 aromatic heterocycles. The van der Waals surface area contributed by atoms with E-state index >= 15 is 0 Å². The summed E-state index contributed by atoms with van der Waals surface area (Å²) >= 11 is 0. The van der Waals surface area contributed by atoms with Gasteiger partial charge in [0, 0.05) is 18.2 Å². The quantitative estimate of drug-likeness (QED) is 0.838. The Labute approximate surface area is 124 Å². The second-order valence-electron chi connectivity index (χ2n) is 6.54. The standard InChI is InChI=1S/C16H20N2O3/c1-16(2,3)8-12(15(20)21)7-10-6-11-4-5-13(19)18-14(11)17-9-10/h6-7,9H,4-5,8H2,1-3H3,(H,20,21)(H,17,18,19). The minimum atomic E-state index is -0.907. The van der Waals surface area contributed by atoms with Crippen molar-refractivity contribution in [3.63, 3.8) is 0 Å². The number of amides is 1. The fraction of sp³-hybridized carbons (Fsp3) is 0.438. The minimum Gasteiger partial charge on any atom is -0.478 e. The van der Waals surface area contributed by atoms with E-state index in [0.29, 0.717) is 30.7 Å². The molecular formula is C16H20N2O3. The Morgan fingerprint density at radius 2 is 2.14 bits per heavy atom. The highest BCUT2D eigenvalue weighted by molar-refractivity contribution is 5.94. The zero-order valence-electron chi connectivity index (χ0n) is 12.6. The van der Waals surface area contributed by atoms with Crippen molar-refractivity contribution >= 4 is 23.8 Å². The lowest BCUT2D eigenvalue weighted by atomic mass is 9.87. The van der Waals surface area contributed by atoms with Crippen molar-refractivity contribution in [3.8, 4) is 0 Å². The molecule has 0 fully saturated rings. The Morgan fingerprint density at radius 3 is 2.76 bits per heavy atom. The molecule has 21 heavy (non-hydrogen) atoms. The Hall–Kier alpha value is -2.17. The predicted molar refractivity (Wildman–Crippen MR) is 80.9 cm³/mol. The van der Waals surface area contributed by atoms with Gasteiger partial charge in [-0.3, -0.25) is 4.79 Å². The van der Waals surface area contributed by atoms with E-state index < -0.39 is 5.97 Å². The number of fused-ring (bicyclic) bond motifs is 1. The molecule has 0 unspecified atom stereocenters. The molecule has 0 saturated carbocycles. The number of anilines is 1. The van der Waals surface area contributed by atoms with E-state index in [2.05, 4.69) is 10.3 Å². The number of rotatable bonds is 3. The number of carboxylic acids is 1. The van der Waals surface area contributed by atoms with Crippen molar-refractivity contribution in [3.05, 3.63) is 29.0 Å². The van der Waals surface area contributed by atoms with E-state index in [-0.39, 0.29) is 11.3 Å². The van der Waals surface area contributed by atoms with Gasteiger partial charge in [0.1, 0.15) is 5.82 Å². The Bertz CT molecular complexity index is 612. The molecule has 0 radical (unpaired) electrons. The summed E-state index contributed by atoms with van der Waals surface area (Å²) in [6, 6.07) is 1.90. The van der Waals surface area contributed by atoms with Crippen molar-refractivity contribution in [2.45, 2.75) is 40.0 Å². The molecule has 5 nitrogen and oxygen atoms in total. The number of hydrogen-bond donors (Lipinski definition) is 2. The lowest BCUT2D eigenvalue weighted by Gasteiger charge is -2.19. The highest BCUT2D eigenvalue weighted by Gasteiger charge is 2.19. The van der Waals surface area contributed by atoms with Crippen LogP contribution in [-0.2, 0) is 16.0 Å². The van der Waals surface area contributed by atoms with Crippen LogP contribution in [0.15, 0.2) is 17.8 Å². The van der Waals surface area contributed by atoms with Gasteiger partial charge in [0.25, 0.3) is 0 Å². The van der Waals surface area contributed by atoms with Crippen molar-refractivity contribution in [1.82, 2.24) is 4.98 Å². The van der Waals surface area contributed by atoms with Crippen LogP contribution in [0.5, 0.6) is 0 Å². The lowest BCUT2D eigenvalue weighted by Crippen LogP contribution is -2.20. The summed E-state index contributed by atoms with van der Waals surface area (Å²) in [7, 11) is 0. The maximum atomic E-state index is 11.4. The zero-order valence-corrected chi connectivity index (χ0v) is 12.6. The van der Waals surface area contributed by atoms with Gasteiger partial charge >= 0.3 is 5.97 Å². The highest BCUT2D eigenvalue weighted by Crippen LogP contribution is 2.27. The van der Waals surface area contributed by atoms with Crippen LogP contribution in [0.4, 0.5) is 5.82 Å². The number of carbonyl (C=O) groups is 2. The van der Waals surface area contributed by atoms with E-state index in [9.17, 15) is 14.7 Å². The Balaban J connectivity index is 2.30. The monoisotopic (exact) mass is 288 g/mol. The van der Waals surface area contributed by atoms with E-state index in [0.717, 1.165) is 11.1 Å². The summed E-state index contributed by atoms with van der Waals surface area (Å²) in [5.41, 5.74) is 1.97. The number of nitrogens with one attached hydrogen (secondary N) is 1. The van der Waals surface area contributed by atoms with E-state index in [4.69, 9.17) is 0 Å². The van der Waals surface area contributed by atoms with Gasteiger partial charge in [0.2, 0.25) is 5.91 Å². The van der Waals surface area contributed by atoms with Gasteiger partial charge in [-0.2, -0.15) is 0 Å².